The van der Waals surface area contributed by atoms with Crippen LogP contribution in [0.25, 0.3) is 11.4 Å². The van der Waals surface area contributed by atoms with Crippen LogP contribution in [0.1, 0.15) is 12.6 Å². The summed E-state index contributed by atoms with van der Waals surface area (Å²) in [6.07, 6.45) is 1.76. The maximum absolute atomic E-state index is 5.27. The van der Waals surface area contributed by atoms with E-state index in [1.54, 1.807) is 20.4 Å². The second-order valence-electron chi connectivity index (χ2n) is 4.25. The molecule has 0 atom stereocenters. The lowest BCUT2D eigenvalue weighted by Crippen LogP contribution is -2.13. The molecule has 0 aliphatic rings. The monoisotopic (exact) mass is 273 g/mol. The van der Waals surface area contributed by atoms with Crippen molar-refractivity contribution >= 4 is 0 Å². The van der Waals surface area contributed by atoms with Crippen molar-refractivity contribution in [3.05, 3.63) is 36.2 Å². The van der Waals surface area contributed by atoms with Gasteiger partial charge in [0.15, 0.2) is 5.82 Å². The third-order valence-corrected chi connectivity index (χ3v) is 2.88. The molecule has 0 radical (unpaired) electrons. The zero-order chi connectivity index (χ0) is 14.4. The number of aromatic nitrogens is 2. The van der Waals surface area contributed by atoms with E-state index in [2.05, 4.69) is 22.2 Å². The first kappa shape index (κ1) is 14.3. The molecule has 2 aromatic rings. The molecule has 5 heteroatoms. The van der Waals surface area contributed by atoms with Gasteiger partial charge in [0.25, 0.3) is 0 Å². The molecule has 0 saturated heterocycles. The molecule has 2 rings (SSSR count). The highest BCUT2D eigenvalue weighted by Crippen LogP contribution is 2.27. The predicted molar refractivity (Wildman–Crippen MR) is 78.0 cm³/mol. The van der Waals surface area contributed by atoms with Gasteiger partial charge in [0, 0.05) is 24.4 Å². The Labute approximate surface area is 119 Å². The third kappa shape index (κ3) is 3.45. The molecular formula is C15H19N3O2. The minimum atomic E-state index is 0.664. The highest BCUT2D eigenvalue weighted by molar-refractivity contribution is 5.60. The van der Waals surface area contributed by atoms with Gasteiger partial charge in [-0.25, -0.2) is 9.97 Å². The van der Waals surface area contributed by atoms with Gasteiger partial charge in [-0.2, -0.15) is 0 Å². The molecular weight excluding hydrogens is 254 g/mol. The molecule has 0 spiro atoms. The largest absolute Gasteiger partial charge is 0.497 e. The summed E-state index contributed by atoms with van der Waals surface area (Å²) in [4.78, 5) is 8.87. The predicted octanol–water partition coefficient (Wildman–Crippen LogP) is 2.27. The van der Waals surface area contributed by atoms with Crippen LogP contribution >= 0.6 is 0 Å². The van der Waals surface area contributed by atoms with Crippen molar-refractivity contribution < 1.29 is 9.47 Å². The van der Waals surface area contributed by atoms with Crippen molar-refractivity contribution in [3.8, 4) is 22.9 Å². The summed E-state index contributed by atoms with van der Waals surface area (Å²) < 4.78 is 10.5. The Morgan fingerprint density at radius 1 is 1.10 bits per heavy atom. The molecule has 1 N–H and O–H groups in total. The molecule has 0 bridgehead atoms. The molecule has 20 heavy (non-hydrogen) atoms. The first-order valence-corrected chi connectivity index (χ1v) is 6.53. The van der Waals surface area contributed by atoms with Gasteiger partial charge >= 0.3 is 0 Å². The topological polar surface area (TPSA) is 56.3 Å². The molecule has 0 amide bonds. The zero-order valence-corrected chi connectivity index (χ0v) is 12.0. The van der Waals surface area contributed by atoms with E-state index in [9.17, 15) is 0 Å². The summed E-state index contributed by atoms with van der Waals surface area (Å²) in [5, 5.41) is 3.25. The first-order valence-electron chi connectivity index (χ1n) is 6.53. The van der Waals surface area contributed by atoms with Gasteiger partial charge in [-0.3, -0.25) is 0 Å². The van der Waals surface area contributed by atoms with E-state index in [4.69, 9.17) is 9.47 Å². The summed E-state index contributed by atoms with van der Waals surface area (Å²) >= 11 is 0. The number of hydrogen-bond donors (Lipinski definition) is 1. The average molecular weight is 273 g/mol. The number of ether oxygens (including phenoxy) is 2. The van der Waals surface area contributed by atoms with E-state index in [0.717, 1.165) is 35.8 Å². The molecule has 0 fully saturated rings. The van der Waals surface area contributed by atoms with Gasteiger partial charge in [0.1, 0.15) is 11.5 Å². The molecule has 1 aromatic carbocycles. The standard InChI is InChI=1S/C15H19N3O2/c1-4-16-10-12-5-6-17-15(18-12)11-7-13(19-2)9-14(8-11)20-3/h5-9,16H,4,10H2,1-3H3. The van der Waals surface area contributed by atoms with Gasteiger partial charge in [0.05, 0.1) is 19.9 Å². The Hall–Kier alpha value is -2.14. The molecule has 106 valence electrons. The van der Waals surface area contributed by atoms with E-state index in [1.165, 1.54) is 0 Å². The average Bonchev–Trinajstić information content (AvgIpc) is 2.52. The number of nitrogens with zero attached hydrogens (tertiary/aromatic N) is 2. The normalized spacial score (nSPS) is 10.3. The summed E-state index contributed by atoms with van der Waals surface area (Å²) in [6, 6.07) is 7.53. The van der Waals surface area contributed by atoms with E-state index < -0.39 is 0 Å². The van der Waals surface area contributed by atoms with Gasteiger partial charge in [-0.1, -0.05) is 6.92 Å². The van der Waals surface area contributed by atoms with E-state index in [-0.39, 0.29) is 0 Å². The van der Waals surface area contributed by atoms with Crippen LogP contribution in [0.15, 0.2) is 30.5 Å². The lowest BCUT2D eigenvalue weighted by atomic mass is 10.2. The van der Waals surface area contributed by atoms with Gasteiger partial charge in [0.2, 0.25) is 0 Å². The molecule has 0 aliphatic heterocycles. The first-order chi connectivity index (χ1) is 9.76. The molecule has 1 aromatic heterocycles. The van der Waals surface area contributed by atoms with Crippen molar-refractivity contribution in [3.63, 3.8) is 0 Å². The Bertz CT molecular complexity index is 551. The van der Waals surface area contributed by atoms with Crippen LogP contribution in [0, 0.1) is 0 Å². The van der Waals surface area contributed by atoms with Crippen molar-refractivity contribution in [2.45, 2.75) is 13.5 Å². The summed E-state index contributed by atoms with van der Waals surface area (Å²) in [5.41, 5.74) is 1.83. The Morgan fingerprint density at radius 2 is 1.80 bits per heavy atom. The number of nitrogens with one attached hydrogen (secondary N) is 1. The molecule has 5 nitrogen and oxygen atoms in total. The number of methoxy groups -OCH3 is 2. The third-order valence-electron chi connectivity index (χ3n) is 2.88. The molecule has 0 saturated carbocycles. The van der Waals surface area contributed by atoms with E-state index in [0.29, 0.717) is 5.82 Å². The second-order valence-corrected chi connectivity index (χ2v) is 4.25. The zero-order valence-electron chi connectivity index (χ0n) is 12.0. The van der Waals surface area contributed by atoms with Crippen LogP contribution in [-0.2, 0) is 6.54 Å². The summed E-state index contributed by atoms with van der Waals surface area (Å²) in [6.45, 7) is 3.70. The second kappa shape index (κ2) is 6.86. The van der Waals surface area contributed by atoms with Crippen LogP contribution in [-0.4, -0.2) is 30.7 Å². The van der Waals surface area contributed by atoms with Crippen molar-refractivity contribution in [1.29, 1.82) is 0 Å². The van der Waals surface area contributed by atoms with Crippen LogP contribution < -0.4 is 14.8 Å². The Balaban J connectivity index is 2.34. The van der Waals surface area contributed by atoms with Crippen molar-refractivity contribution in [2.24, 2.45) is 0 Å². The highest BCUT2D eigenvalue weighted by Gasteiger charge is 2.07. The Kier molecular flexibility index (Phi) is 4.90. The van der Waals surface area contributed by atoms with Gasteiger partial charge < -0.3 is 14.8 Å². The fourth-order valence-corrected chi connectivity index (χ4v) is 1.82. The van der Waals surface area contributed by atoms with Crippen molar-refractivity contribution in [1.82, 2.24) is 15.3 Å². The minimum absolute atomic E-state index is 0.664. The van der Waals surface area contributed by atoms with Crippen molar-refractivity contribution in [2.75, 3.05) is 20.8 Å². The number of benzene rings is 1. The van der Waals surface area contributed by atoms with Crippen LogP contribution in [0.3, 0.4) is 0 Å². The SMILES string of the molecule is CCNCc1ccnc(-c2cc(OC)cc(OC)c2)n1. The fraction of sp³-hybridized carbons (Fsp3) is 0.333. The van der Waals surface area contributed by atoms with E-state index in [1.807, 2.05) is 24.3 Å². The molecule has 1 heterocycles. The molecule has 0 aliphatic carbocycles. The summed E-state index contributed by atoms with van der Waals surface area (Å²) in [7, 11) is 3.25. The lowest BCUT2D eigenvalue weighted by Gasteiger charge is -2.08. The maximum atomic E-state index is 5.27. The van der Waals surface area contributed by atoms with Gasteiger partial charge in [-0.05, 0) is 24.7 Å². The van der Waals surface area contributed by atoms with Gasteiger partial charge in [-0.15, -0.1) is 0 Å². The smallest absolute Gasteiger partial charge is 0.159 e. The number of hydrogen-bond acceptors (Lipinski definition) is 5. The number of rotatable bonds is 6. The lowest BCUT2D eigenvalue weighted by molar-refractivity contribution is 0.394. The van der Waals surface area contributed by atoms with E-state index >= 15 is 0 Å². The Morgan fingerprint density at radius 3 is 2.40 bits per heavy atom. The minimum Gasteiger partial charge on any atom is -0.497 e. The van der Waals surface area contributed by atoms with Crippen LogP contribution in [0.4, 0.5) is 0 Å². The fourth-order valence-electron chi connectivity index (χ4n) is 1.82. The summed E-state index contributed by atoms with van der Waals surface area (Å²) in [5.74, 6) is 2.11. The maximum Gasteiger partial charge on any atom is 0.159 e. The van der Waals surface area contributed by atoms with Crippen LogP contribution in [0.5, 0.6) is 11.5 Å². The molecule has 0 unspecified atom stereocenters. The van der Waals surface area contributed by atoms with Crippen LogP contribution in [0.2, 0.25) is 0 Å². The quantitative estimate of drug-likeness (QED) is 0.875. The highest BCUT2D eigenvalue weighted by atomic mass is 16.5.